The van der Waals surface area contributed by atoms with Crippen molar-refractivity contribution < 1.29 is 4.92 Å². The summed E-state index contributed by atoms with van der Waals surface area (Å²) in [6.45, 7) is 3.21. The van der Waals surface area contributed by atoms with E-state index in [-0.39, 0.29) is 4.92 Å². The fourth-order valence-corrected chi connectivity index (χ4v) is 1.32. The van der Waals surface area contributed by atoms with Gasteiger partial charge in [0.15, 0.2) is 0 Å². The number of nitro groups is 1. The summed E-state index contributed by atoms with van der Waals surface area (Å²) in [5.74, 6) is 0. The van der Waals surface area contributed by atoms with Crippen LogP contribution in [-0.4, -0.2) is 4.92 Å². The van der Waals surface area contributed by atoms with Crippen molar-refractivity contribution in [2.24, 2.45) is 0 Å². The van der Waals surface area contributed by atoms with Gasteiger partial charge in [-0.1, -0.05) is 12.1 Å². The van der Waals surface area contributed by atoms with Crippen molar-refractivity contribution in [2.75, 3.05) is 0 Å². The Balaban J connectivity index is 3.08. The first-order chi connectivity index (χ1) is 5.94. The van der Waals surface area contributed by atoms with E-state index in [1.54, 1.807) is 26.0 Å². The molecule has 1 aromatic rings. The maximum Gasteiger partial charge on any atom is 0.241 e. The Bertz CT molecular complexity index is 319. The van der Waals surface area contributed by atoms with Gasteiger partial charge < -0.3 is 0 Å². The molecule has 0 atom stereocenters. The van der Waals surface area contributed by atoms with Crippen molar-refractivity contribution in [3.63, 3.8) is 0 Å². The largest absolute Gasteiger partial charge is 0.264 e. The highest BCUT2D eigenvalue weighted by Crippen LogP contribution is 2.23. The number of hydrogen-bond donors (Lipinski definition) is 0. The van der Waals surface area contributed by atoms with Gasteiger partial charge in [0.2, 0.25) is 5.54 Å². The third-order valence-corrected chi connectivity index (χ3v) is 2.73. The molecule has 0 aliphatic rings. The van der Waals surface area contributed by atoms with Gasteiger partial charge in [0.05, 0.1) is 0 Å². The Hall–Kier alpha value is -0.650. The lowest BCUT2D eigenvalue weighted by atomic mass is 9.95. The Kier molecular flexibility index (Phi) is 2.90. The standard InChI is InChI=1S/C9H10INO2/c1-9(2,11(12)13)7-3-5-8(10)6-4-7/h3-6H,1-2H3. The maximum absolute atomic E-state index is 10.7. The second-order valence-corrected chi connectivity index (χ2v) is 4.57. The van der Waals surface area contributed by atoms with Crippen molar-refractivity contribution in [1.29, 1.82) is 0 Å². The molecule has 0 saturated heterocycles. The van der Waals surface area contributed by atoms with Gasteiger partial charge in [-0.2, -0.15) is 0 Å². The highest BCUT2D eigenvalue weighted by molar-refractivity contribution is 14.1. The summed E-state index contributed by atoms with van der Waals surface area (Å²) in [4.78, 5) is 10.4. The Morgan fingerprint density at radius 3 is 2.15 bits per heavy atom. The molecule has 4 heteroatoms. The van der Waals surface area contributed by atoms with Crippen molar-refractivity contribution in [3.8, 4) is 0 Å². The van der Waals surface area contributed by atoms with Crippen molar-refractivity contribution in [3.05, 3.63) is 43.5 Å². The molecule has 0 heterocycles. The molecule has 0 aliphatic heterocycles. The number of benzene rings is 1. The monoisotopic (exact) mass is 291 g/mol. The molecule has 1 rings (SSSR count). The van der Waals surface area contributed by atoms with E-state index >= 15 is 0 Å². The van der Waals surface area contributed by atoms with Gasteiger partial charge in [-0.15, -0.1) is 0 Å². The Labute approximate surface area is 90.4 Å². The normalized spacial score (nSPS) is 11.3. The second-order valence-electron chi connectivity index (χ2n) is 3.32. The lowest BCUT2D eigenvalue weighted by molar-refractivity contribution is -0.569. The fraction of sp³-hybridized carbons (Fsp3) is 0.333. The third-order valence-electron chi connectivity index (χ3n) is 2.01. The third kappa shape index (κ3) is 2.18. The summed E-state index contributed by atoms with van der Waals surface area (Å²) in [5.41, 5.74) is -0.262. The average Bonchev–Trinajstić information content (AvgIpc) is 2.04. The lowest BCUT2D eigenvalue weighted by Crippen LogP contribution is -2.27. The topological polar surface area (TPSA) is 43.1 Å². The number of halogens is 1. The van der Waals surface area contributed by atoms with Crippen LogP contribution in [0.5, 0.6) is 0 Å². The van der Waals surface area contributed by atoms with Crippen LogP contribution in [0, 0.1) is 13.7 Å². The van der Waals surface area contributed by atoms with E-state index in [9.17, 15) is 10.1 Å². The molecule has 13 heavy (non-hydrogen) atoms. The van der Waals surface area contributed by atoms with Crippen LogP contribution in [0.25, 0.3) is 0 Å². The van der Waals surface area contributed by atoms with E-state index in [4.69, 9.17) is 0 Å². The van der Waals surface area contributed by atoms with Crippen LogP contribution >= 0.6 is 22.6 Å². The van der Waals surface area contributed by atoms with Crippen LogP contribution in [0.15, 0.2) is 24.3 Å². The zero-order valence-corrected chi connectivity index (χ0v) is 9.61. The van der Waals surface area contributed by atoms with Crippen LogP contribution in [-0.2, 0) is 5.54 Å². The van der Waals surface area contributed by atoms with Crippen LogP contribution < -0.4 is 0 Å². The average molecular weight is 291 g/mol. The molecule has 0 bridgehead atoms. The first kappa shape index (κ1) is 10.4. The molecule has 0 spiro atoms. The molecule has 70 valence electrons. The summed E-state index contributed by atoms with van der Waals surface area (Å²) in [6, 6.07) is 7.34. The van der Waals surface area contributed by atoms with E-state index in [1.165, 1.54) is 0 Å². The highest BCUT2D eigenvalue weighted by atomic mass is 127. The zero-order valence-electron chi connectivity index (χ0n) is 7.45. The summed E-state index contributed by atoms with van der Waals surface area (Å²) >= 11 is 2.17. The molecule has 3 nitrogen and oxygen atoms in total. The number of nitrogens with zero attached hydrogens (tertiary/aromatic N) is 1. The molecule has 0 aromatic heterocycles. The molecule has 0 aliphatic carbocycles. The van der Waals surface area contributed by atoms with Crippen molar-refractivity contribution >= 4 is 22.6 Å². The molecular formula is C9H10INO2. The van der Waals surface area contributed by atoms with Crippen LogP contribution in [0.1, 0.15) is 19.4 Å². The van der Waals surface area contributed by atoms with Gasteiger partial charge in [0, 0.05) is 27.9 Å². The molecule has 1 aromatic carbocycles. The van der Waals surface area contributed by atoms with Gasteiger partial charge in [-0.25, -0.2) is 0 Å². The van der Waals surface area contributed by atoms with Crippen LogP contribution in [0.3, 0.4) is 0 Å². The van der Waals surface area contributed by atoms with E-state index in [1.807, 2.05) is 12.1 Å². The van der Waals surface area contributed by atoms with E-state index in [0.717, 1.165) is 9.13 Å². The molecule has 0 radical (unpaired) electrons. The van der Waals surface area contributed by atoms with Crippen molar-refractivity contribution in [1.82, 2.24) is 0 Å². The minimum Gasteiger partial charge on any atom is -0.264 e. The van der Waals surface area contributed by atoms with Gasteiger partial charge >= 0.3 is 0 Å². The fourth-order valence-electron chi connectivity index (χ4n) is 0.963. The summed E-state index contributed by atoms with van der Waals surface area (Å²) in [7, 11) is 0. The SMILES string of the molecule is CC(C)(c1ccc(I)cc1)[N+](=O)[O-]. The van der Waals surface area contributed by atoms with Crippen LogP contribution in [0.2, 0.25) is 0 Å². The van der Waals surface area contributed by atoms with Gasteiger partial charge in [-0.3, -0.25) is 10.1 Å². The highest BCUT2D eigenvalue weighted by Gasteiger charge is 2.32. The van der Waals surface area contributed by atoms with Gasteiger partial charge in [0.1, 0.15) is 0 Å². The second kappa shape index (κ2) is 3.61. The van der Waals surface area contributed by atoms with Gasteiger partial charge in [-0.05, 0) is 34.7 Å². The predicted molar refractivity (Wildman–Crippen MR) is 59.2 cm³/mol. The first-order valence-electron chi connectivity index (χ1n) is 3.85. The molecule has 0 fully saturated rings. The lowest BCUT2D eigenvalue weighted by Gasteiger charge is -2.15. The van der Waals surface area contributed by atoms with Crippen molar-refractivity contribution in [2.45, 2.75) is 19.4 Å². The van der Waals surface area contributed by atoms with E-state index in [2.05, 4.69) is 22.6 Å². The molecule has 0 unspecified atom stereocenters. The molecular weight excluding hydrogens is 281 g/mol. The summed E-state index contributed by atoms with van der Waals surface area (Å²) in [6.07, 6.45) is 0. The number of rotatable bonds is 2. The Morgan fingerprint density at radius 1 is 1.31 bits per heavy atom. The van der Waals surface area contributed by atoms with Crippen LogP contribution in [0.4, 0.5) is 0 Å². The first-order valence-corrected chi connectivity index (χ1v) is 4.93. The smallest absolute Gasteiger partial charge is 0.241 e. The van der Waals surface area contributed by atoms with Gasteiger partial charge in [0.25, 0.3) is 0 Å². The Morgan fingerprint density at radius 2 is 1.77 bits per heavy atom. The quantitative estimate of drug-likeness (QED) is 0.478. The predicted octanol–water partition coefficient (Wildman–Crippen LogP) is 2.80. The number of hydrogen-bond acceptors (Lipinski definition) is 2. The molecule has 0 saturated carbocycles. The molecule has 0 N–H and O–H groups in total. The van der Waals surface area contributed by atoms with E-state index in [0.29, 0.717) is 0 Å². The minimum atomic E-state index is -0.996. The minimum absolute atomic E-state index is 0.269. The van der Waals surface area contributed by atoms with E-state index < -0.39 is 5.54 Å². The summed E-state index contributed by atoms with van der Waals surface area (Å²) < 4.78 is 1.08. The molecule has 0 amide bonds. The summed E-state index contributed by atoms with van der Waals surface area (Å²) in [5, 5.41) is 10.7. The maximum atomic E-state index is 10.7. The zero-order chi connectivity index (χ0) is 10.1.